The average molecular weight is 275 g/mol. The first kappa shape index (κ1) is 18.4. The first-order chi connectivity index (χ1) is 8.91. The Kier molecular flexibility index (Phi) is 8.98. The zero-order valence-corrected chi connectivity index (χ0v) is 12.9. The Hall–Kier alpha value is -0.640. The van der Waals surface area contributed by atoms with E-state index in [9.17, 15) is 14.3 Å². The summed E-state index contributed by atoms with van der Waals surface area (Å²) in [6, 6.07) is 0. The number of hydrogen-bond donors (Lipinski definition) is 1. The first-order valence-electron chi connectivity index (χ1n) is 7.58. The first-order valence-corrected chi connectivity index (χ1v) is 7.58. The lowest BCUT2D eigenvalue weighted by atomic mass is 9.94. The lowest BCUT2D eigenvalue weighted by Gasteiger charge is -2.31. The lowest BCUT2D eigenvalue weighted by molar-refractivity contribution is -0.150. The van der Waals surface area contributed by atoms with Crippen LogP contribution in [0.25, 0.3) is 0 Å². The summed E-state index contributed by atoms with van der Waals surface area (Å²) < 4.78 is 14.4. The molecular weight excluding hydrogens is 245 g/mol. The highest BCUT2D eigenvalue weighted by Crippen LogP contribution is 2.23. The van der Waals surface area contributed by atoms with Gasteiger partial charge in [0, 0.05) is 13.1 Å². The second-order valence-corrected chi connectivity index (χ2v) is 5.27. The summed E-state index contributed by atoms with van der Waals surface area (Å²) in [5.74, 6) is -0.599. The van der Waals surface area contributed by atoms with Crippen molar-refractivity contribution < 1.29 is 14.3 Å². The molecule has 0 heterocycles. The number of aliphatic hydroxyl groups is 1. The summed E-state index contributed by atoms with van der Waals surface area (Å²) in [5, 5.41) is 9.92. The molecule has 114 valence electrons. The Balaban J connectivity index is 4.26. The van der Waals surface area contributed by atoms with Crippen LogP contribution in [-0.4, -0.2) is 40.8 Å². The summed E-state index contributed by atoms with van der Waals surface area (Å²) in [6.07, 6.45) is 4.33. The molecule has 3 nitrogen and oxygen atoms in total. The van der Waals surface area contributed by atoms with Crippen molar-refractivity contribution in [2.75, 3.05) is 13.1 Å². The zero-order valence-electron chi connectivity index (χ0n) is 12.9. The second-order valence-electron chi connectivity index (χ2n) is 5.27. The SMILES string of the molecule is CCCCCCC[C@H](O)[C@](C)(F)C(=O)N(CC)CC. The number of halogens is 1. The van der Waals surface area contributed by atoms with Crippen molar-refractivity contribution in [2.24, 2.45) is 0 Å². The topological polar surface area (TPSA) is 40.5 Å². The number of carbonyl (C=O) groups excluding carboxylic acids is 1. The molecule has 0 saturated carbocycles. The van der Waals surface area contributed by atoms with Gasteiger partial charge in [-0.15, -0.1) is 0 Å². The second kappa shape index (κ2) is 9.29. The van der Waals surface area contributed by atoms with E-state index < -0.39 is 17.7 Å². The van der Waals surface area contributed by atoms with Crippen LogP contribution in [-0.2, 0) is 4.79 Å². The van der Waals surface area contributed by atoms with Crippen molar-refractivity contribution >= 4 is 5.91 Å². The van der Waals surface area contributed by atoms with E-state index in [1.807, 2.05) is 13.8 Å². The molecule has 0 aromatic rings. The summed E-state index contributed by atoms with van der Waals surface area (Å²) in [4.78, 5) is 13.4. The molecule has 0 fully saturated rings. The largest absolute Gasteiger partial charge is 0.389 e. The van der Waals surface area contributed by atoms with E-state index in [0.29, 0.717) is 19.5 Å². The fourth-order valence-electron chi connectivity index (χ4n) is 2.17. The van der Waals surface area contributed by atoms with E-state index in [0.717, 1.165) is 25.7 Å². The van der Waals surface area contributed by atoms with Crippen LogP contribution >= 0.6 is 0 Å². The Morgan fingerprint density at radius 1 is 1.16 bits per heavy atom. The van der Waals surface area contributed by atoms with Crippen LogP contribution in [0.15, 0.2) is 0 Å². The highest BCUT2D eigenvalue weighted by atomic mass is 19.1. The summed E-state index contributed by atoms with van der Waals surface area (Å²) >= 11 is 0. The maximum Gasteiger partial charge on any atom is 0.262 e. The molecule has 2 atom stereocenters. The number of aliphatic hydroxyl groups excluding tert-OH is 1. The molecule has 4 heteroatoms. The van der Waals surface area contributed by atoms with Gasteiger partial charge in [-0.2, -0.15) is 0 Å². The monoisotopic (exact) mass is 275 g/mol. The van der Waals surface area contributed by atoms with E-state index >= 15 is 0 Å². The molecule has 19 heavy (non-hydrogen) atoms. The number of hydrogen-bond acceptors (Lipinski definition) is 2. The van der Waals surface area contributed by atoms with Gasteiger partial charge in [-0.05, 0) is 27.2 Å². The van der Waals surface area contributed by atoms with Gasteiger partial charge in [0.1, 0.15) is 0 Å². The minimum atomic E-state index is -2.17. The summed E-state index contributed by atoms with van der Waals surface area (Å²) in [7, 11) is 0. The number of alkyl halides is 1. The maximum absolute atomic E-state index is 14.4. The number of nitrogens with zero attached hydrogens (tertiary/aromatic N) is 1. The van der Waals surface area contributed by atoms with E-state index in [2.05, 4.69) is 6.92 Å². The molecule has 0 aromatic heterocycles. The maximum atomic E-state index is 14.4. The van der Waals surface area contributed by atoms with E-state index in [-0.39, 0.29) is 0 Å². The molecule has 0 aromatic carbocycles. The van der Waals surface area contributed by atoms with Crippen LogP contribution in [0.4, 0.5) is 4.39 Å². The fraction of sp³-hybridized carbons (Fsp3) is 0.933. The van der Waals surface area contributed by atoms with Crippen molar-refractivity contribution in [3.05, 3.63) is 0 Å². The highest BCUT2D eigenvalue weighted by molar-refractivity contribution is 5.85. The average Bonchev–Trinajstić information content (AvgIpc) is 2.39. The van der Waals surface area contributed by atoms with E-state index in [1.165, 1.54) is 18.2 Å². The van der Waals surface area contributed by atoms with Gasteiger partial charge in [0.05, 0.1) is 6.10 Å². The van der Waals surface area contributed by atoms with Crippen LogP contribution in [0.2, 0.25) is 0 Å². The van der Waals surface area contributed by atoms with Crippen LogP contribution in [0.3, 0.4) is 0 Å². The fourth-order valence-corrected chi connectivity index (χ4v) is 2.17. The molecule has 0 radical (unpaired) electrons. The van der Waals surface area contributed by atoms with Crippen LogP contribution in [0.1, 0.15) is 66.2 Å². The summed E-state index contributed by atoms with van der Waals surface area (Å²) in [6.45, 7) is 7.90. The molecule has 0 bridgehead atoms. The van der Waals surface area contributed by atoms with Gasteiger partial charge in [0.2, 0.25) is 5.67 Å². The molecule has 1 amide bonds. The third-order valence-corrected chi connectivity index (χ3v) is 3.68. The summed E-state index contributed by atoms with van der Waals surface area (Å²) in [5.41, 5.74) is -2.17. The smallest absolute Gasteiger partial charge is 0.262 e. The molecule has 0 rings (SSSR count). The minimum Gasteiger partial charge on any atom is -0.389 e. The minimum absolute atomic E-state index is 0.351. The predicted molar refractivity (Wildman–Crippen MR) is 76.8 cm³/mol. The van der Waals surface area contributed by atoms with Crippen molar-refractivity contribution in [3.63, 3.8) is 0 Å². The predicted octanol–water partition coefficient (Wildman–Crippen LogP) is 3.30. The third kappa shape index (κ3) is 5.89. The quantitative estimate of drug-likeness (QED) is 0.621. The van der Waals surface area contributed by atoms with E-state index in [4.69, 9.17) is 0 Å². The Morgan fingerprint density at radius 2 is 1.68 bits per heavy atom. The zero-order chi connectivity index (χ0) is 14.9. The van der Waals surface area contributed by atoms with Gasteiger partial charge in [-0.3, -0.25) is 4.79 Å². The molecule has 0 aliphatic carbocycles. The number of unbranched alkanes of at least 4 members (excludes halogenated alkanes) is 4. The van der Waals surface area contributed by atoms with Gasteiger partial charge >= 0.3 is 0 Å². The van der Waals surface area contributed by atoms with Crippen LogP contribution in [0.5, 0.6) is 0 Å². The van der Waals surface area contributed by atoms with Crippen molar-refractivity contribution in [1.29, 1.82) is 0 Å². The Labute approximate surface area is 117 Å². The van der Waals surface area contributed by atoms with Crippen molar-refractivity contribution in [3.8, 4) is 0 Å². The highest BCUT2D eigenvalue weighted by Gasteiger charge is 2.42. The molecule has 0 unspecified atom stereocenters. The van der Waals surface area contributed by atoms with Crippen LogP contribution in [0, 0.1) is 0 Å². The third-order valence-electron chi connectivity index (χ3n) is 3.68. The van der Waals surface area contributed by atoms with Gasteiger partial charge in [-0.1, -0.05) is 39.0 Å². The van der Waals surface area contributed by atoms with Gasteiger partial charge in [0.15, 0.2) is 0 Å². The van der Waals surface area contributed by atoms with Crippen LogP contribution < -0.4 is 0 Å². The lowest BCUT2D eigenvalue weighted by Crippen LogP contribution is -2.51. The molecule has 0 aliphatic heterocycles. The van der Waals surface area contributed by atoms with Crippen molar-refractivity contribution in [2.45, 2.75) is 78.0 Å². The van der Waals surface area contributed by atoms with E-state index in [1.54, 1.807) is 0 Å². The molecule has 0 spiro atoms. The Bertz CT molecular complexity index is 253. The van der Waals surface area contributed by atoms with Gasteiger partial charge in [0.25, 0.3) is 5.91 Å². The normalized spacial score (nSPS) is 15.9. The Morgan fingerprint density at radius 3 is 2.16 bits per heavy atom. The molecule has 0 saturated heterocycles. The standard InChI is InChI=1S/C15H30FNO2/c1-5-8-9-10-11-12-13(18)15(4,16)14(19)17(6-2)7-3/h13,18H,5-12H2,1-4H3/t13-,15-/m0/s1. The van der Waals surface area contributed by atoms with Crippen molar-refractivity contribution in [1.82, 2.24) is 4.90 Å². The molecule has 1 N–H and O–H groups in total. The number of amides is 1. The number of rotatable bonds is 10. The number of carbonyl (C=O) groups is 1. The molecule has 0 aliphatic rings. The van der Waals surface area contributed by atoms with Gasteiger partial charge < -0.3 is 10.0 Å². The molecular formula is C15H30FNO2. The van der Waals surface area contributed by atoms with Gasteiger partial charge in [-0.25, -0.2) is 4.39 Å².